The molecule has 0 bridgehead atoms. The molecule has 0 atom stereocenters. The van der Waals surface area contributed by atoms with E-state index in [0.29, 0.717) is 18.2 Å². The Morgan fingerprint density at radius 1 is 1.50 bits per heavy atom. The average molecular weight is 238 g/mol. The zero-order chi connectivity index (χ0) is 11.4. The number of hydrogen-bond acceptors (Lipinski definition) is 2. The zero-order valence-corrected chi connectivity index (χ0v) is 9.41. The van der Waals surface area contributed by atoms with E-state index in [-0.39, 0.29) is 11.9 Å². The summed E-state index contributed by atoms with van der Waals surface area (Å²) in [5.74, 6) is -0.103. The first-order valence-electron chi connectivity index (χ1n) is 5.06. The summed E-state index contributed by atoms with van der Waals surface area (Å²) in [6.07, 6.45) is 3.24. The smallest absolute Gasteiger partial charge is 0.244 e. The minimum Gasteiger partial charge on any atom is -0.377 e. The highest BCUT2D eigenvalue weighted by atomic mass is 35.5. The fourth-order valence-electron chi connectivity index (χ4n) is 1.35. The highest BCUT2D eigenvalue weighted by Gasteiger charge is 2.18. The summed E-state index contributed by atoms with van der Waals surface area (Å²) in [7, 11) is 0. The van der Waals surface area contributed by atoms with Crippen LogP contribution in [-0.2, 0) is 9.53 Å². The number of carbonyl (C=O) groups excluding carboxylic acids is 1. The summed E-state index contributed by atoms with van der Waals surface area (Å²) >= 11 is 5.83. The van der Waals surface area contributed by atoms with E-state index in [1.807, 2.05) is 12.1 Å². The van der Waals surface area contributed by atoms with Gasteiger partial charge in [0.1, 0.15) is 0 Å². The van der Waals surface area contributed by atoms with Crippen molar-refractivity contribution in [1.29, 1.82) is 0 Å². The predicted molar refractivity (Wildman–Crippen MR) is 63.2 cm³/mol. The zero-order valence-electron chi connectivity index (χ0n) is 8.65. The number of carbonyl (C=O) groups is 1. The molecular formula is C12H12ClNO2. The van der Waals surface area contributed by atoms with Crippen molar-refractivity contribution in [3.8, 4) is 0 Å². The fourth-order valence-corrected chi connectivity index (χ4v) is 1.55. The molecule has 0 saturated carbocycles. The molecule has 84 valence electrons. The molecule has 2 rings (SSSR count). The highest BCUT2D eigenvalue weighted by molar-refractivity contribution is 6.30. The number of amides is 1. The molecule has 3 nitrogen and oxygen atoms in total. The number of nitrogens with one attached hydrogen (secondary N) is 1. The normalized spacial score (nSPS) is 16.1. The molecule has 1 N–H and O–H groups in total. The highest BCUT2D eigenvalue weighted by Crippen LogP contribution is 2.11. The van der Waals surface area contributed by atoms with Gasteiger partial charge in [0, 0.05) is 11.1 Å². The van der Waals surface area contributed by atoms with Gasteiger partial charge in [-0.2, -0.15) is 0 Å². The maximum absolute atomic E-state index is 11.4. The Kier molecular flexibility index (Phi) is 3.59. The molecule has 1 aliphatic rings. The van der Waals surface area contributed by atoms with E-state index in [1.54, 1.807) is 18.2 Å². The molecule has 0 aliphatic carbocycles. The second-order valence-corrected chi connectivity index (χ2v) is 4.07. The lowest BCUT2D eigenvalue weighted by molar-refractivity contribution is -0.120. The number of ether oxygens (including phenoxy) is 1. The van der Waals surface area contributed by atoms with Crippen LogP contribution in [0.4, 0.5) is 0 Å². The topological polar surface area (TPSA) is 38.3 Å². The summed E-state index contributed by atoms with van der Waals surface area (Å²) < 4.78 is 4.96. The Hall–Kier alpha value is -1.32. The second kappa shape index (κ2) is 5.14. The number of benzene rings is 1. The maximum Gasteiger partial charge on any atom is 0.244 e. The molecule has 1 saturated heterocycles. The average Bonchev–Trinajstić information content (AvgIpc) is 2.21. The van der Waals surface area contributed by atoms with Gasteiger partial charge in [0.2, 0.25) is 5.91 Å². The standard InChI is InChI=1S/C12H12ClNO2/c13-10-3-1-2-9(6-10)4-5-12(15)14-11-7-16-8-11/h1-6,11H,7-8H2,(H,14,15). The van der Waals surface area contributed by atoms with Crippen molar-refractivity contribution in [1.82, 2.24) is 5.32 Å². The van der Waals surface area contributed by atoms with Gasteiger partial charge in [0.05, 0.1) is 19.3 Å². The number of hydrogen-bond donors (Lipinski definition) is 1. The molecule has 16 heavy (non-hydrogen) atoms. The number of halogens is 1. The van der Waals surface area contributed by atoms with E-state index in [9.17, 15) is 4.79 Å². The molecule has 1 aliphatic heterocycles. The van der Waals surface area contributed by atoms with Crippen LogP contribution in [0.2, 0.25) is 5.02 Å². The molecule has 0 aromatic heterocycles. The van der Waals surface area contributed by atoms with Gasteiger partial charge in [-0.25, -0.2) is 0 Å². The van der Waals surface area contributed by atoms with Crippen molar-refractivity contribution in [3.63, 3.8) is 0 Å². The van der Waals surface area contributed by atoms with Crippen LogP contribution >= 0.6 is 11.6 Å². The van der Waals surface area contributed by atoms with Crippen molar-refractivity contribution < 1.29 is 9.53 Å². The third-order valence-electron chi connectivity index (χ3n) is 2.26. The van der Waals surface area contributed by atoms with Gasteiger partial charge in [-0.15, -0.1) is 0 Å². The minimum atomic E-state index is -0.103. The van der Waals surface area contributed by atoms with Gasteiger partial charge >= 0.3 is 0 Å². The summed E-state index contributed by atoms with van der Waals surface area (Å²) in [4.78, 5) is 11.4. The van der Waals surface area contributed by atoms with Gasteiger partial charge in [-0.05, 0) is 23.8 Å². The van der Waals surface area contributed by atoms with E-state index >= 15 is 0 Å². The largest absolute Gasteiger partial charge is 0.377 e. The SMILES string of the molecule is O=C(C=Cc1cccc(Cl)c1)NC1COC1. The molecule has 0 spiro atoms. The molecule has 4 heteroatoms. The van der Waals surface area contributed by atoms with Crippen LogP contribution in [0, 0.1) is 0 Å². The lowest BCUT2D eigenvalue weighted by Gasteiger charge is -2.26. The third-order valence-corrected chi connectivity index (χ3v) is 2.50. The molecule has 1 amide bonds. The Labute approximate surface area is 99.1 Å². The summed E-state index contributed by atoms with van der Waals surface area (Å²) in [6, 6.07) is 7.50. The van der Waals surface area contributed by atoms with Crippen LogP contribution in [0.3, 0.4) is 0 Å². The van der Waals surface area contributed by atoms with Crippen LogP contribution in [0.5, 0.6) is 0 Å². The predicted octanol–water partition coefficient (Wildman–Crippen LogP) is 1.87. The quantitative estimate of drug-likeness (QED) is 0.815. The first kappa shape index (κ1) is 11.2. The lowest BCUT2D eigenvalue weighted by atomic mass is 10.2. The van der Waals surface area contributed by atoms with Gasteiger partial charge in [-0.1, -0.05) is 23.7 Å². The van der Waals surface area contributed by atoms with E-state index in [4.69, 9.17) is 16.3 Å². The monoisotopic (exact) mass is 237 g/mol. The Bertz CT molecular complexity index is 413. The van der Waals surface area contributed by atoms with Gasteiger partial charge in [0.25, 0.3) is 0 Å². The third kappa shape index (κ3) is 3.08. The first-order chi connectivity index (χ1) is 7.74. The van der Waals surface area contributed by atoms with Crippen LogP contribution in [-0.4, -0.2) is 25.2 Å². The van der Waals surface area contributed by atoms with Crippen molar-refractivity contribution >= 4 is 23.6 Å². The molecule has 1 heterocycles. The molecule has 1 fully saturated rings. The number of rotatable bonds is 3. The minimum absolute atomic E-state index is 0.103. The van der Waals surface area contributed by atoms with Crippen LogP contribution in [0.15, 0.2) is 30.3 Å². The summed E-state index contributed by atoms with van der Waals surface area (Å²) in [5.41, 5.74) is 0.910. The van der Waals surface area contributed by atoms with Crippen molar-refractivity contribution in [2.24, 2.45) is 0 Å². The molecule has 1 aromatic rings. The summed E-state index contributed by atoms with van der Waals surface area (Å²) in [5, 5.41) is 3.48. The molecule has 0 radical (unpaired) electrons. The van der Waals surface area contributed by atoms with E-state index < -0.39 is 0 Å². The second-order valence-electron chi connectivity index (χ2n) is 3.63. The van der Waals surface area contributed by atoms with E-state index in [1.165, 1.54) is 6.08 Å². The van der Waals surface area contributed by atoms with E-state index in [2.05, 4.69) is 5.32 Å². The van der Waals surface area contributed by atoms with Crippen LogP contribution in [0.1, 0.15) is 5.56 Å². The molecule has 1 aromatic carbocycles. The van der Waals surface area contributed by atoms with Crippen molar-refractivity contribution in [2.75, 3.05) is 13.2 Å². The van der Waals surface area contributed by atoms with Gasteiger partial charge in [0.15, 0.2) is 0 Å². The van der Waals surface area contributed by atoms with Gasteiger partial charge < -0.3 is 10.1 Å². The Morgan fingerprint density at radius 2 is 2.31 bits per heavy atom. The van der Waals surface area contributed by atoms with E-state index in [0.717, 1.165) is 5.56 Å². The van der Waals surface area contributed by atoms with Crippen molar-refractivity contribution in [2.45, 2.75) is 6.04 Å². The maximum atomic E-state index is 11.4. The fraction of sp³-hybridized carbons (Fsp3) is 0.250. The molecular weight excluding hydrogens is 226 g/mol. The van der Waals surface area contributed by atoms with Crippen LogP contribution in [0.25, 0.3) is 6.08 Å². The Balaban J connectivity index is 1.90. The first-order valence-corrected chi connectivity index (χ1v) is 5.44. The molecule has 0 unspecified atom stereocenters. The van der Waals surface area contributed by atoms with Crippen molar-refractivity contribution in [3.05, 3.63) is 40.9 Å². The van der Waals surface area contributed by atoms with Crippen LogP contribution < -0.4 is 5.32 Å². The Morgan fingerprint density at radius 3 is 2.94 bits per heavy atom. The lowest BCUT2D eigenvalue weighted by Crippen LogP contribution is -2.48. The van der Waals surface area contributed by atoms with Gasteiger partial charge in [-0.3, -0.25) is 4.79 Å². The summed E-state index contributed by atoms with van der Waals surface area (Å²) in [6.45, 7) is 1.22.